The number of benzene rings is 2. The van der Waals surface area contributed by atoms with Crippen molar-refractivity contribution in [2.45, 2.75) is 25.7 Å². The zero-order valence-electron chi connectivity index (χ0n) is 18.9. The highest BCUT2D eigenvalue weighted by Crippen LogP contribution is 2.48. The fraction of sp³-hybridized carbons (Fsp3) is 0.280. The van der Waals surface area contributed by atoms with Gasteiger partial charge in [0.05, 0.1) is 22.1 Å². The van der Waals surface area contributed by atoms with Gasteiger partial charge in [-0.15, -0.1) is 0 Å². The van der Waals surface area contributed by atoms with Crippen molar-refractivity contribution >= 4 is 80.1 Å². The minimum Gasteiger partial charge on any atom is -0.386 e. The van der Waals surface area contributed by atoms with E-state index in [-0.39, 0.29) is 0 Å². The first-order valence-electron chi connectivity index (χ1n) is 10.2. The van der Waals surface area contributed by atoms with Crippen LogP contribution in [0, 0.1) is 14.1 Å². The van der Waals surface area contributed by atoms with Gasteiger partial charge >= 0.3 is 0 Å². The minimum atomic E-state index is 0.852. The summed E-state index contributed by atoms with van der Waals surface area (Å²) in [4.78, 5) is 5.94. The molecule has 1 aliphatic heterocycles. The van der Waals surface area contributed by atoms with Crippen LogP contribution in [0.5, 0.6) is 0 Å². The lowest BCUT2D eigenvalue weighted by Gasteiger charge is -2.22. The van der Waals surface area contributed by atoms with Crippen LogP contribution in [0.1, 0.15) is 25.0 Å². The SMILES string of the molecule is C/C=C\c1c(C)ccc2c1N(C)/C(=C/C(C)=C/CN(C)c1cc(I)c(I)cc1NC)S2. The van der Waals surface area contributed by atoms with Crippen molar-refractivity contribution in [3.8, 4) is 0 Å². The van der Waals surface area contributed by atoms with Gasteiger partial charge < -0.3 is 15.1 Å². The molecule has 3 rings (SSSR count). The lowest BCUT2D eigenvalue weighted by atomic mass is 10.1. The van der Waals surface area contributed by atoms with Crippen molar-refractivity contribution in [3.05, 3.63) is 71.4 Å². The zero-order valence-corrected chi connectivity index (χ0v) is 24.0. The summed E-state index contributed by atoms with van der Waals surface area (Å²) in [5, 5.41) is 4.60. The maximum atomic E-state index is 3.33. The van der Waals surface area contributed by atoms with Crippen molar-refractivity contribution in [1.29, 1.82) is 0 Å². The summed E-state index contributed by atoms with van der Waals surface area (Å²) < 4.78 is 2.54. The molecule has 164 valence electrons. The van der Waals surface area contributed by atoms with E-state index in [1.165, 1.54) is 45.1 Å². The Hall–Kier alpha value is -1.13. The first-order chi connectivity index (χ1) is 14.8. The molecule has 1 N–H and O–H groups in total. The van der Waals surface area contributed by atoms with E-state index >= 15 is 0 Å². The Labute approximate surface area is 218 Å². The van der Waals surface area contributed by atoms with Crippen LogP contribution in [-0.4, -0.2) is 27.7 Å². The number of hydrogen-bond donors (Lipinski definition) is 1. The van der Waals surface area contributed by atoms with E-state index < -0.39 is 0 Å². The molecule has 3 nitrogen and oxygen atoms in total. The molecule has 0 saturated carbocycles. The van der Waals surface area contributed by atoms with Crippen LogP contribution in [0.3, 0.4) is 0 Å². The Morgan fingerprint density at radius 3 is 2.61 bits per heavy atom. The van der Waals surface area contributed by atoms with E-state index in [1.807, 2.05) is 18.8 Å². The number of thioether (sulfide) groups is 1. The molecule has 0 saturated heterocycles. The van der Waals surface area contributed by atoms with E-state index in [9.17, 15) is 0 Å². The molecule has 1 heterocycles. The van der Waals surface area contributed by atoms with E-state index in [2.05, 4.69) is 144 Å². The first kappa shape index (κ1) is 24.5. The number of fused-ring (bicyclic) bond motifs is 1. The number of nitrogens with zero attached hydrogens (tertiary/aromatic N) is 2. The molecular formula is C25H29I2N3S. The predicted molar refractivity (Wildman–Crippen MR) is 157 cm³/mol. The van der Waals surface area contributed by atoms with Crippen molar-refractivity contribution in [2.75, 3.05) is 42.8 Å². The summed E-state index contributed by atoms with van der Waals surface area (Å²) in [6.07, 6.45) is 8.93. The zero-order chi connectivity index (χ0) is 22.7. The van der Waals surface area contributed by atoms with Gasteiger partial charge in [-0.05, 0) is 95.8 Å². The van der Waals surface area contributed by atoms with E-state index in [1.54, 1.807) is 0 Å². The molecule has 2 aromatic rings. The number of aryl methyl sites for hydroxylation is 1. The highest BCUT2D eigenvalue weighted by Gasteiger charge is 2.25. The lowest BCUT2D eigenvalue weighted by Crippen LogP contribution is -2.19. The summed E-state index contributed by atoms with van der Waals surface area (Å²) >= 11 is 6.64. The van der Waals surface area contributed by atoms with Gasteiger partial charge in [-0.2, -0.15) is 0 Å². The van der Waals surface area contributed by atoms with Crippen molar-refractivity contribution in [1.82, 2.24) is 0 Å². The average molecular weight is 657 g/mol. The van der Waals surface area contributed by atoms with Crippen LogP contribution in [0.15, 0.2) is 58.0 Å². The van der Waals surface area contributed by atoms with E-state index in [0.29, 0.717) is 0 Å². The molecule has 0 fully saturated rings. The van der Waals surface area contributed by atoms with Crippen LogP contribution in [0.2, 0.25) is 0 Å². The molecule has 0 radical (unpaired) electrons. The third kappa shape index (κ3) is 5.45. The van der Waals surface area contributed by atoms with Gasteiger partial charge in [-0.25, -0.2) is 0 Å². The summed E-state index contributed by atoms with van der Waals surface area (Å²) in [5.41, 5.74) is 7.58. The molecule has 6 heteroatoms. The maximum Gasteiger partial charge on any atom is 0.0801 e. The Morgan fingerprint density at radius 1 is 1.23 bits per heavy atom. The number of halogens is 2. The molecule has 0 bridgehead atoms. The van der Waals surface area contributed by atoms with Gasteiger partial charge in [-0.1, -0.05) is 41.6 Å². The van der Waals surface area contributed by atoms with Crippen molar-refractivity contribution in [2.24, 2.45) is 0 Å². The molecule has 2 aromatic carbocycles. The monoisotopic (exact) mass is 657 g/mol. The smallest absolute Gasteiger partial charge is 0.0801 e. The summed E-state index contributed by atoms with van der Waals surface area (Å²) in [6.45, 7) is 7.30. The average Bonchev–Trinajstić information content (AvgIpc) is 3.05. The second kappa shape index (κ2) is 10.7. The van der Waals surface area contributed by atoms with Gasteiger partial charge in [0.1, 0.15) is 0 Å². The number of allylic oxidation sites excluding steroid dienone is 3. The number of nitrogens with one attached hydrogen (secondary N) is 1. The number of rotatable bonds is 6. The van der Waals surface area contributed by atoms with E-state index in [4.69, 9.17) is 0 Å². The fourth-order valence-corrected chi connectivity index (χ4v) is 5.69. The van der Waals surface area contributed by atoms with Gasteiger partial charge in [0.2, 0.25) is 0 Å². The lowest BCUT2D eigenvalue weighted by molar-refractivity contribution is 1.02. The van der Waals surface area contributed by atoms with Crippen molar-refractivity contribution in [3.63, 3.8) is 0 Å². The highest BCUT2D eigenvalue weighted by molar-refractivity contribution is 14.1. The molecule has 0 amide bonds. The number of likely N-dealkylation sites (N-methyl/N-ethyl adjacent to an activating group) is 1. The molecule has 0 atom stereocenters. The number of hydrogen-bond acceptors (Lipinski definition) is 4. The molecule has 0 aromatic heterocycles. The molecule has 0 unspecified atom stereocenters. The molecule has 0 aliphatic carbocycles. The van der Waals surface area contributed by atoms with Gasteiger partial charge in [0.15, 0.2) is 0 Å². The summed E-state index contributed by atoms with van der Waals surface area (Å²) in [6, 6.07) is 8.91. The Kier molecular flexibility index (Phi) is 8.43. The molecule has 31 heavy (non-hydrogen) atoms. The normalized spacial score (nSPS) is 15.2. The predicted octanol–water partition coefficient (Wildman–Crippen LogP) is 7.75. The second-order valence-corrected chi connectivity index (χ2v) is 11.0. The van der Waals surface area contributed by atoms with Crippen molar-refractivity contribution < 1.29 is 0 Å². The standard InChI is InChI=1S/C25H29I2N3S/c1-7-8-18-17(3)9-10-23-25(18)30(6)24(31-23)13-16(2)11-12-29(5)22-15-20(27)19(26)14-21(22)28-4/h7-11,13-15,28H,12H2,1-6H3/b8-7-,16-11+,24-13-. The third-order valence-electron chi connectivity index (χ3n) is 5.37. The van der Waals surface area contributed by atoms with Crippen LogP contribution in [0.25, 0.3) is 6.08 Å². The second-order valence-electron chi connectivity index (χ2n) is 7.65. The van der Waals surface area contributed by atoms with Crippen LogP contribution >= 0.6 is 56.9 Å². The summed E-state index contributed by atoms with van der Waals surface area (Å²) in [5.74, 6) is 0. The van der Waals surface area contributed by atoms with Crippen LogP contribution < -0.4 is 15.1 Å². The largest absolute Gasteiger partial charge is 0.386 e. The highest BCUT2D eigenvalue weighted by atomic mass is 127. The fourth-order valence-electron chi connectivity index (χ4n) is 3.60. The molecule has 0 spiro atoms. The van der Waals surface area contributed by atoms with Gasteiger partial charge in [0, 0.05) is 45.3 Å². The van der Waals surface area contributed by atoms with E-state index in [0.717, 1.165) is 12.2 Å². The maximum absolute atomic E-state index is 3.33. The topological polar surface area (TPSA) is 18.5 Å². The third-order valence-corrected chi connectivity index (χ3v) is 9.34. The quantitative estimate of drug-likeness (QED) is 0.321. The van der Waals surface area contributed by atoms with Crippen LogP contribution in [-0.2, 0) is 0 Å². The Bertz CT molecular complexity index is 1070. The summed E-state index contributed by atoms with van der Waals surface area (Å²) in [7, 11) is 6.30. The Balaban J connectivity index is 1.81. The van der Waals surface area contributed by atoms with Gasteiger partial charge in [0.25, 0.3) is 0 Å². The Morgan fingerprint density at radius 2 is 1.94 bits per heavy atom. The van der Waals surface area contributed by atoms with Gasteiger partial charge in [-0.3, -0.25) is 0 Å². The molecule has 1 aliphatic rings. The first-order valence-corrected chi connectivity index (χ1v) is 13.2. The van der Waals surface area contributed by atoms with Crippen LogP contribution in [0.4, 0.5) is 17.1 Å². The number of anilines is 3. The molecular weight excluding hydrogens is 628 g/mol. The minimum absolute atomic E-state index is 0.852.